The number of alkyl halides is 9. The second kappa shape index (κ2) is 7.91. The van der Waals surface area contributed by atoms with Crippen LogP contribution < -0.4 is 5.32 Å². The zero-order valence-corrected chi connectivity index (χ0v) is 12.6. The van der Waals surface area contributed by atoms with E-state index in [2.05, 4.69) is 5.32 Å². The van der Waals surface area contributed by atoms with E-state index >= 15 is 0 Å². The van der Waals surface area contributed by atoms with Crippen LogP contribution in [0, 0.1) is 0 Å². The fraction of sp³-hybridized carbons (Fsp3) is 1.00. The van der Waals surface area contributed by atoms with Crippen molar-refractivity contribution < 1.29 is 39.5 Å². The minimum absolute atomic E-state index is 0.258. The summed E-state index contributed by atoms with van der Waals surface area (Å²) < 4.78 is 113. The van der Waals surface area contributed by atoms with Crippen molar-refractivity contribution in [2.24, 2.45) is 0 Å². The molecule has 0 spiro atoms. The Kier molecular flexibility index (Phi) is 7.66. The first-order chi connectivity index (χ1) is 10.1. The summed E-state index contributed by atoms with van der Waals surface area (Å²) in [6.07, 6.45) is -16.7. The molecule has 0 bridgehead atoms. The molecule has 0 unspecified atom stereocenters. The van der Waals surface area contributed by atoms with Gasteiger partial charge < -0.3 is 10.2 Å². The van der Waals surface area contributed by atoms with Crippen molar-refractivity contribution in [3.63, 3.8) is 0 Å². The third-order valence-corrected chi connectivity index (χ3v) is 3.03. The van der Waals surface area contributed by atoms with Gasteiger partial charge in [-0.2, -0.15) is 26.3 Å². The minimum Gasteiger partial charge on any atom is -0.316 e. The molecule has 0 radical (unpaired) electrons. The van der Waals surface area contributed by atoms with E-state index in [1.165, 1.54) is 0 Å². The van der Waals surface area contributed by atoms with Crippen LogP contribution in [0.1, 0.15) is 19.3 Å². The highest BCUT2D eigenvalue weighted by Crippen LogP contribution is 2.51. The number of hydrogen-bond acceptors (Lipinski definition) is 2. The third kappa shape index (κ3) is 7.15. The number of hydrogen-bond donors (Lipinski definition) is 1. The Morgan fingerprint density at radius 1 is 0.783 bits per heavy atom. The summed E-state index contributed by atoms with van der Waals surface area (Å²) in [5.74, 6) is -4.45. The average Bonchev–Trinajstić information content (AvgIpc) is 2.29. The van der Waals surface area contributed by atoms with Gasteiger partial charge in [-0.15, -0.1) is 0 Å². The molecule has 0 aliphatic rings. The topological polar surface area (TPSA) is 15.3 Å². The van der Waals surface area contributed by atoms with Crippen LogP contribution in [0.25, 0.3) is 0 Å². The van der Waals surface area contributed by atoms with Crippen LogP contribution >= 0.6 is 0 Å². The van der Waals surface area contributed by atoms with E-state index in [1.54, 1.807) is 19.0 Å². The van der Waals surface area contributed by atoms with Crippen LogP contribution in [0.5, 0.6) is 0 Å². The van der Waals surface area contributed by atoms with Crippen molar-refractivity contribution in [1.29, 1.82) is 0 Å². The van der Waals surface area contributed by atoms with E-state index in [0.29, 0.717) is 13.0 Å². The Bertz CT molecular complexity index is 335. The van der Waals surface area contributed by atoms with Gasteiger partial charge in [-0.25, -0.2) is 13.2 Å². The predicted molar refractivity (Wildman–Crippen MR) is 66.2 cm³/mol. The quantitative estimate of drug-likeness (QED) is 0.496. The van der Waals surface area contributed by atoms with E-state index in [0.717, 1.165) is 0 Å². The van der Waals surface area contributed by atoms with Crippen molar-refractivity contribution in [3.8, 4) is 0 Å². The summed E-state index contributed by atoms with van der Waals surface area (Å²) >= 11 is 0. The highest BCUT2D eigenvalue weighted by atomic mass is 19.4. The Morgan fingerprint density at radius 2 is 1.26 bits per heavy atom. The van der Waals surface area contributed by atoms with Crippen molar-refractivity contribution >= 4 is 0 Å². The van der Waals surface area contributed by atoms with Gasteiger partial charge in [-0.3, -0.25) is 0 Å². The van der Waals surface area contributed by atoms with Crippen LogP contribution in [0.2, 0.25) is 0 Å². The molecule has 0 aromatic heterocycles. The van der Waals surface area contributed by atoms with E-state index in [9.17, 15) is 39.5 Å². The van der Waals surface area contributed by atoms with Crippen LogP contribution in [-0.4, -0.2) is 62.6 Å². The first-order valence-electron chi connectivity index (χ1n) is 6.68. The molecule has 0 aromatic carbocycles. The van der Waals surface area contributed by atoms with Crippen LogP contribution in [0.15, 0.2) is 0 Å². The molecule has 0 atom stereocenters. The van der Waals surface area contributed by atoms with Crippen molar-refractivity contribution in [2.75, 3.05) is 33.7 Å². The smallest absolute Gasteiger partial charge is 0.316 e. The Labute approximate surface area is 128 Å². The van der Waals surface area contributed by atoms with Gasteiger partial charge in [0.1, 0.15) is 0 Å². The highest BCUT2D eigenvalue weighted by Gasteiger charge is 2.74. The van der Waals surface area contributed by atoms with Gasteiger partial charge in [-0.05, 0) is 33.6 Å². The monoisotopic (exact) mass is 362 g/mol. The second-order valence-electron chi connectivity index (χ2n) is 5.49. The van der Waals surface area contributed by atoms with Crippen LogP contribution in [0.3, 0.4) is 0 Å². The van der Waals surface area contributed by atoms with Gasteiger partial charge >= 0.3 is 18.0 Å². The number of nitrogens with zero attached hydrogens (tertiary/aromatic N) is 1. The van der Waals surface area contributed by atoms with Crippen molar-refractivity contribution in [2.45, 2.75) is 43.2 Å². The summed E-state index contributed by atoms with van der Waals surface area (Å²) in [7, 11) is 3.53. The lowest BCUT2D eigenvalue weighted by Gasteiger charge is -2.32. The first kappa shape index (κ1) is 22.3. The summed E-state index contributed by atoms with van der Waals surface area (Å²) in [6.45, 7) is 0.360. The molecule has 2 nitrogen and oxygen atoms in total. The van der Waals surface area contributed by atoms with Gasteiger partial charge in [-0.1, -0.05) is 0 Å². The zero-order valence-electron chi connectivity index (χ0n) is 12.6. The SMILES string of the molecule is CN(C)CCCNCCC(F)(F)CC(F)(C(F)(F)F)C(F)(F)F. The van der Waals surface area contributed by atoms with E-state index in [4.69, 9.17) is 0 Å². The molecule has 0 amide bonds. The largest absolute Gasteiger partial charge is 0.431 e. The van der Waals surface area contributed by atoms with E-state index in [1.807, 2.05) is 0 Å². The molecule has 0 saturated heterocycles. The molecular weight excluding hydrogens is 343 g/mol. The molecule has 0 aromatic rings. The molecule has 140 valence electrons. The molecule has 0 aliphatic carbocycles. The molecule has 0 aliphatic heterocycles. The zero-order chi connectivity index (χ0) is 18.5. The molecule has 11 heteroatoms. The Balaban J connectivity index is 4.58. The number of nitrogens with one attached hydrogen (secondary N) is 1. The van der Waals surface area contributed by atoms with E-state index < -0.39 is 43.3 Å². The molecule has 1 N–H and O–H groups in total. The number of rotatable bonds is 9. The maximum absolute atomic E-state index is 13.3. The number of halogens is 9. The van der Waals surface area contributed by atoms with Gasteiger partial charge in [0.25, 0.3) is 5.92 Å². The van der Waals surface area contributed by atoms with Crippen LogP contribution in [0.4, 0.5) is 39.5 Å². The highest BCUT2D eigenvalue weighted by molar-refractivity contribution is 4.98. The molecule has 0 fully saturated rings. The lowest BCUT2D eigenvalue weighted by atomic mass is 9.94. The van der Waals surface area contributed by atoms with Gasteiger partial charge in [0.05, 0.1) is 6.42 Å². The maximum Gasteiger partial charge on any atom is 0.431 e. The molecule has 0 heterocycles. The summed E-state index contributed by atoms with van der Waals surface area (Å²) in [6, 6.07) is 0. The first-order valence-corrected chi connectivity index (χ1v) is 6.68. The third-order valence-electron chi connectivity index (χ3n) is 3.03. The molecule has 0 rings (SSSR count). The maximum atomic E-state index is 13.3. The predicted octanol–water partition coefficient (Wildman–Crippen LogP) is 3.78. The van der Waals surface area contributed by atoms with Gasteiger partial charge in [0, 0.05) is 13.0 Å². The van der Waals surface area contributed by atoms with Gasteiger partial charge in [0.2, 0.25) is 0 Å². The van der Waals surface area contributed by atoms with Crippen molar-refractivity contribution in [1.82, 2.24) is 10.2 Å². The fourth-order valence-corrected chi connectivity index (χ4v) is 1.72. The lowest BCUT2D eigenvalue weighted by Crippen LogP contribution is -2.56. The normalized spacial score (nSPS) is 14.6. The summed E-state index contributed by atoms with van der Waals surface area (Å²) in [4.78, 5) is 1.81. The second-order valence-corrected chi connectivity index (χ2v) is 5.49. The average molecular weight is 362 g/mol. The standard InChI is InChI=1S/C12H19F9N2/c1-23(2)7-3-5-22-6-4-9(13,14)8-10(15,11(16,17)18)12(19,20)21/h22H,3-8H2,1-2H3. The molecule has 0 saturated carbocycles. The van der Waals surface area contributed by atoms with Crippen molar-refractivity contribution in [3.05, 3.63) is 0 Å². The fourth-order valence-electron chi connectivity index (χ4n) is 1.72. The van der Waals surface area contributed by atoms with E-state index in [-0.39, 0.29) is 6.54 Å². The van der Waals surface area contributed by atoms with Gasteiger partial charge in [0.15, 0.2) is 0 Å². The van der Waals surface area contributed by atoms with Crippen LogP contribution in [-0.2, 0) is 0 Å². The minimum atomic E-state index is -6.46. The Hall–Kier alpha value is -0.710. The molecular formula is C12H19F9N2. The lowest BCUT2D eigenvalue weighted by molar-refractivity contribution is -0.354. The molecule has 23 heavy (non-hydrogen) atoms. The summed E-state index contributed by atoms with van der Waals surface area (Å²) in [5, 5.41) is 2.47. The summed E-state index contributed by atoms with van der Waals surface area (Å²) in [5.41, 5.74) is -5.94. The Morgan fingerprint density at radius 3 is 1.65 bits per heavy atom.